The second-order valence-corrected chi connectivity index (χ2v) is 5.53. The fourth-order valence-electron chi connectivity index (χ4n) is 2.42. The van der Waals surface area contributed by atoms with Crippen molar-refractivity contribution in [3.8, 4) is 0 Å². The molecule has 1 aliphatic rings. The predicted octanol–water partition coefficient (Wildman–Crippen LogP) is 2.75. The van der Waals surface area contributed by atoms with Gasteiger partial charge in [0.15, 0.2) is 0 Å². The van der Waals surface area contributed by atoms with Crippen molar-refractivity contribution in [3.63, 3.8) is 0 Å². The number of rotatable bonds is 4. The van der Waals surface area contributed by atoms with Crippen LogP contribution < -0.4 is 0 Å². The van der Waals surface area contributed by atoms with E-state index in [0.29, 0.717) is 12.5 Å². The van der Waals surface area contributed by atoms with Crippen LogP contribution in [-0.4, -0.2) is 24.9 Å². The summed E-state index contributed by atoms with van der Waals surface area (Å²) < 4.78 is 5.43. The van der Waals surface area contributed by atoms with Crippen LogP contribution in [0.2, 0.25) is 0 Å². The first-order chi connectivity index (χ1) is 8.15. The Bertz CT molecular complexity index is 348. The summed E-state index contributed by atoms with van der Waals surface area (Å²) >= 11 is 0. The van der Waals surface area contributed by atoms with Gasteiger partial charge in [-0.3, -0.25) is 0 Å². The molecule has 1 aromatic rings. The molecule has 94 valence electrons. The van der Waals surface area contributed by atoms with E-state index in [1.54, 1.807) is 0 Å². The van der Waals surface area contributed by atoms with Crippen molar-refractivity contribution in [2.45, 2.75) is 32.6 Å². The Kier molecular flexibility index (Phi) is 3.85. The molecule has 0 bridgehead atoms. The maximum Gasteiger partial charge on any atom is 0.0548 e. The molecule has 1 N–H and O–H groups in total. The maximum atomic E-state index is 9.54. The summed E-state index contributed by atoms with van der Waals surface area (Å²) in [4.78, 5) is 0. The number of aliphatic hydroxyl groups is 1. The fraction of sp³-hybridized carbons (Fsp3) is 0.600. The molecular weight excluding hydrogens is 212 g/mol. The Balaban J connectivity index is 2.07. The van der Waals surface area contributed by atoms with Crippen molar-refractivity contribution in [2.24, 2.45) is 5.41 Å². The molecule has 1 atom stereocenters. The number of hydrogen-bond acceptors (Lipinski definition) is 2. The van der Waals surface area contributed by atoms with Crippen molar-refractivity contribution < 1.29 is 9.84 Å². The van der Waals surface area contributed by atoms with Crippen molar-refractivity contribution in [1.82, 2.24) is 0 Å². The highest BCUT2D eigenvalue weighted by Gasteiger charge is 2.34. The fourth-order valence-corrected chi connectivity index (χ4v) is 2.42. The molecule has 0 amide bonds. The molecule has 0 aromatic heterocycles. The maximum absolute atomic E-state index is 9.54. The summed E-state index contributed by atoms with van der Waals surface area (Å²) in [5.41, 5.74) is 2.63. The Hall–Kier alpha value is -0.860. The van der Waals surface area contributed by atoms with Gasteiger partial charge in [0, 0.05) is 12.0 Å². The smallest absolute Gasteiger partial charge is 0.0548 e. The summed E-state index contributed by atoms with van der Waals surface area (Å²) in [5, 5.41) is 9.54. The molecule has 0 radical (unpaired) electrons. The highest BCUT2D eigenvalue weighted by molar-refractivity contribution is 5.25. The minimum Gasteiger partial charge on any atom is -0.396 e. The molecular formula is C15H22O2. The molecule has 17 heavy (non-hydrogen) atoms. The average molecular weight is 234 g/mol. The van der Waals surface area contributed by atoms with Gasteiger partial charge in [0.05, 0.1) is 13.2 Å². The summed E-state index contributed by atoms with van der Waals surface area (Å²) in [5.74, 6) is 0.575. The first kappa shape index (κ1) is 12.6. The molecule has 0 saturated carbocycles. The summed E-state index contributed by atoms with van der Waals surface area (Å²) in [6.45, 7) is 6.10. The Morgan fingerprint density at radius 1 is 1.29 bits per heavy atom. The lowest BCUT2D eigenvalue weighted by Crippen LogP contribution is -2.28. The Morgan fingerprint density at radius 2 is 2.00 bits per heavy atom. The van der Waals surface area contributed by atoms with E-state index in [1.165, 1.54) is 11.1 Å². The lowest BCUT2D eigenvalue weighted by atomic mass is 9.81. The van der Waals surface area contributed by atoms with Gasteiger partial charge in [0.1, 0.15) is 0 Å². The summed E-state index contributed by atoms with van der Waals surface area (Å²) in [6.07, 6.45) is 1.89. The quantitative estimate of drug-likeness (QED) is 0.868. The van der Waals surface area contributed by atoms with Gasteiger partial charge in [-0.15, -0.1) is 0 Å². The van der Waals surface area contributed by atoms with Gasteiger partial charge in [-0.25, -0.2) is 0 Å². The van der Waals surface area contributed by atoms with Crippen molar-refractivity contribution in [2.75, 3.05) is 19.8 Å². The lowest BCUT2D eigenvalue weighted by Gasteiger charge is -2.24. The zero-order valence-corrected chi connectivity index (χ0v) is 10.8. The monoisotopic (exact) mass is 234 g/mol. The van der Waals surface area contributed by atoms with Crippen molar-refractivity contribution >= 4 is 0 Å². The van der Waals surface area contributed by atoms with E-state index in [0.717, 1.165) is 19.4 Å². The van der Waals surface area contributed by atoms with Gasteiger partial charge in [0.25, 0.3) is 0 Å². The van der Waals surface area contributed by atoms with E-state index in [4.69, 9.17) is 4.74 Å². The van der Waals surface area contributed by atoms with Gasteiger partial charge in [0.2, 0.25) is 0 Å². The van der Waals surface area contributed by atoms with E-state index in [9.17, 15) is 5.11 Å². The molecule has 1 saturated heterocycles. The molecule has 1 aliphatic heterocycles. The van der Waals surface area contributed by atoms with Crippen LogP contribution in [0.1, 0.15) is 37.3 Å². The molecule has 1 heterocycles. The summed E-state index contributed by atoms with van der Waals surface area (Å²) in [6, 6.07) is 8.76. The highest BCUT2D eigenvalue weighted by atomic mass is 16.5. The van der Waals surface area contributed by atoms with Gasteiger partial charge in [-0.05, 0) is 29.9 Å². The number of benzene rings is 1. The number of aliphatic hydroxyl groups excluding tert-OH is 1. The summed E-state index contributed by atoms with van der Waals surface area (Å²) in [7, 11) is 0. The first-order valence-corrected chi connectivity index (χ1v) is 6.43. The second kappa shape index (κ2) is 5.19. The Labute approximate surface area is 104 Å². The van der Waals surface area contributed by atoms with Crippen molar-refractivity contribution in [1.29, 1.82) is 0 Å². The topological polar surface area (TPSA) is 29.5 Å². The molecule has 0 spiro atoms. The molecule has 0 aliphatic carbocycles. The lowest BCUT2D eigenvalue weighted by molar-refractivity contribution is 0.0935. The molecule has 2 rings (SSSR count). The predicted molar refractivity (Wildman–Crippen MR) is 69.2 cm³/mol. The standard InChI is InChI=1S/C15H22O2/c1-12(2)14-5-3-13(4-6-14)9-15(10-16)7-8-17-11-15/h3-6,12,16H,7-11H2,1-2H3. The van der Waals surface area contributed by atoms with Gasteiger partial charge < -0.3 is 9.84 Å². The molecule has 2 nitrogen and oxygen atoms in total. The van der Waals surface area contributed by atoms with Crippen LogP contribution in [0.25, 0.3) is 0 Å². The molecule has 1 unspecified atom stereocenters. The first-order valence-electron chi connectivity index (χ1n) is 6.43. The highest BCUT2D eigenvalue weighted by Crippen LogP contribution is 2.32. The molecule has 1 aromatic carbocycles. The van der Waals surface area contributed by atoms with Crippen LogP contribution in [0.3, 0.4) is 0 Å². The van der Waals surface area contributed by atoms with Gasteiger partial charge in [-0.1, -0.05) is 38.1 Å². The van der Waals surface area contributed by atoms with Crippen LogP contribution in [-0.2, 0) is 11.2 Å². The van der Waals surface area contributed by atoms with Crippen molar-refractivity contribution in [3.05, 3.63) is 35.4 Å². The van der Waals surface area contributed by atoms with E-state index < -0.39 is 0 Å². The minimum atomic E-state index is -0.0423. The zero-order chi connectivity index (χ0) is 12.3. The Morgan fingerprint density at radius 3 is 2.47 bits per heavy atom. The van der Waals surface area contributed by atoms with Crippen LogP contribution in [0.4, 0.5) is 0 Å². The molecule has 1 fully saturated rings. The van der Waals surface area contributed by atoms with E-state index in [2.05, 4.69) is 38.1 Å². The van der Waals surface area contributed by atoms with Gasteiger partial charge >= 0.3 is 0 Å². The van der Waals surface area contributed by atoms with Crippen LogP contribution in [0, 0.1) is 5.41 Å². The third-order valence-electron chi connectivity index (χ3n) is 3.75. The van der Waals surface area contributed by atoms with E-state index in [-0.39, 0.29) is 12.0 Å². The minimum absolute atomic E-state index is 0.0423. The molecule has 2 heteroatoms. The largest absolute Gasteiger partial charge is 0.396 e. The van der Waals surface area contributed by atoms with E-state index in [1.807, 2.05) is 0 Å². The van der Waals surface area contributed by atoms with Crippen LogP contribution in [0.5, 0.6) is 0 Å². The third kappa shape index (κ3) is 2.88. The SMILES string of the molecule is CC(C)c1ccc(CC2(CO)CCOC2)cc1. The number of ether oxygens (including phenoxy) is 1. The van der Waals surface area contributed by atoms with Gasteiger partial charge in [-0.2, -0.15) is 0 Å². The van der Waals surface area contributed by atoms with Crippen LogP contribution >= 0.6 is 0 Å². The van der Waals surface area contributed by atoms with E-state index >= 15 is 0 Å². The average Bonchev–Trinajstić information content (AvgIpc) is 2.79. The zero-order valence-electron chi connectivity index (χ0n) is 10.8. The normalized spacial score (nSPS) is 24.5. The number of hydrogen-bond donors (Lipinski definition) is 1. The third-order valence-corrected chi connectivity index (χ3v) is 3.75. The second-order valence-electron chi connectivity index (χ2n) is 5.53. The van der Waals surface area contributed by atoms with Crippen LogP contribution in [0.15, 0.2) is 24.3 Å².